The Labute approximate surface area is 202 Å². The van der Waals surface area contributed by atoms with Crippen LogP contribution in [-0.4, -0.2) is 85.8 Å². The highest BCUT2D eigenvalue weighted by atomic mass is 16.6. The van der Waals surface area contributed by atoms with Gasteiger partial charge in [0.2, 0.25) is 0 Å². The van der Waals surface area contributed by atoms with E-state index in [1.807, 2.05) is 0 Å². The average molecular weight is 502 g/mol. The van der Waals surface area contributed by atoms with Gasteiger partial charge in [-0.1, -0.05) is 0 Å². The monoisotopic (exact) mass is 502 g/mol. The van der Waals surface area contributed by atoms with E-state index in [0.717, 1.165) is 18.2 Å². The lowest BCUT2D eigenvalue weighted by Gasteiger charge is -2.41. The van der Waals surface area contributed by atoms with Crippen molar-refractivity contribution in [1.82, 2.24) is 0 Å². The van der Waals surface area contributed by atoms with Crippen LogP contribution in [0.2, 0.25) is 0 Å². The van der Waals surface area contributed by atoms with Crippen LogP contribution in [0.1, 0.15) is 20.7 Å². The minimum absolute atomic E-state index is 0.0262. The standard InChI is InChI=1S/C24H22O12/c1-34-21-10-6-7-35-14(10)5-3-11(21)17(28)15(16(27)9-2-4-12(25)13(26)8-9)22-19(30)18(29)20(31)23(36-22)24(32)33/h2-8,15,18-20,22-23,25-26,29-31H,1H3,(H,32,33). The first-order valence-corrected chi connectivity index (χ1v) is 10.6. The van der Waals surface area contributed by atoms with Crippen LogP contribution < -0.4 is 4.74 Å². The van der Waals surface area contributed by atoms with Crippen LogP contribution in [0.4, 0.5) is 0 Å². The zero-order valence-corrected chi connectivity index (χ0v) is 18.6. The lowest BCUT2D eigenvalue weighted by molar-refractivity contribution is -0.231. The van der Waals surface area contributed by atoms with Gasteiger partial charge in [0.1, 0.15) is 41.7 Å². The topological polar surface area (TPSA) is 204 Å². The number of furan rings is 1. The van der Waals surface area contributed by atoms with Gasteiger partial charge in [-0.05, 0) is 36.4 Å². The summed E-state index contributed by atoms with van der Waals surface area (Å²) < 4.78 is 16.0. The summed E-state index contributed by atoms with van der Waals surface area (Å²) in [5, 5.41) is 60.3. The van der Waals surface area contributed by atoms with E-state index in [0.29, 0.717) is 11.0 Å². The van der Waals surface area contributed by atoms with Crippen molar-refractivity contribution in [3.8, 4) is 17.2 Å². The number of hydrogen-bond acceptors (Lipinski definition) is 11. The summed E-state index contributed by atoms with van der Waals surface area (Å²) in [6, 6.07) is 7.24. The Morgan fingerprint density at radius 1 is 0.917 bits per heavy atom. The molecule has 1 aliphatic heterocycles. The normalized spacial score (nSPS) is 24.8. The Hall–Kier alpha value is -3.97. The molecular formula is C24H22O12. The van der Waals surface area contributed by atoms with E-state index in [4.69, 9.17) is 13.9 Å². The van der Waals surface area contributed by atoms with Crippen molar-refractivity contribution in [1.29, 1.82) is 0 Å². The van der Waals surface area contributed by atoms with Crippen molar-refractivity contribution in [2.75, 3.05) is 7.11 Å². The summed E-state index contributed by atoms with van der Waals surface area (Å²) in [5.41, 5.74) is -0.0560. The second-order valence-electron chi connectivity index (χ2n) is 8.22. The Morgan fingerprint density at radius 3 is 2.28 bits per heavy atom. The summed E-state index contributed by atoms with van der Waals surface area (Å²) in [6.07, 6.45) is -8.81. The molecule has 1 saturated heterocycles. The van der Waals surface area contributed by atoms with Gasteiger partial charge < -0.3 is 44.5 Å². The highest BCUT2D eigenvalue weighted by Gasteiger charge is 2.53. The molecule has 190 valence electrons. The van der Waals surface area contributed by atoms with Crippen LogP contribution in [0.5, 0.6) is 17.2 Å². The molecule has 1 aliphatic rings. The molecular weight excluding hydrogens is 480 g/mol. The molecule has 6 unspecified atom stereocenters. The smallest absolute Gasteiger partial charge is 0.335 e. The van der Waals surface area contributed by atoms with Gasteiger partial charge in [-0.25, -0.2) is 4.79 Å². The lowest BCUT2D eigenvalue weighted by Crippen LogP contribution is -2.63. The molecule has 6 atom stereocenters. The number of fused-ring (bicyclic) bond motifs is 1. The van der Waals surface area contributed by atoms with E-state index < -0.39 is 65.5 Å². The molecule has 0 aliphatic carbocycles. The third-order valence-corrected chi connectivity index (χ3v) is 6.10. The number of rotatable bonds is 7. The summed E-state index contributed by atoms with van der Waals surface area (Å²) in [5.74, 6) is -6.85. The molecule has 3 aromatic rings. The van der Waals surface area contributed by atoms with Gasteiger partial charge in [0.05, 0.1) is 24.3 Å². The van der Waals surface area contributed by atoms with E-state index in [2.05, 4.69) is 0 Å². The molecule has 12 nitrogen and oxygen atoms in total. The van der Waals surface area contributed by atoms with Gasteiger partial charge in [0, 0.05) is 5.56 Å². The number of aromatic hydroxyl groups is 2. The highest BCUT2D eigenvalue weighted by molar-refractivity contribution is 6.18. The van der Waals surface area contributed by atoms with Gasteiger partial charge in [-0.2, -0.15) is 0 Å². The quantitative estimate of drug-likeness (QED) is 0.148. The molecule has 0 bridgehead atoms. The van der Waals surface area contributed by atoms with Crippen molar-refractivity contribution in [3.63, 3.8) is 0 Å². The number of aliphatic hydroxyl groups excluding tert-OH is 3. The maximum Gasteiger partial charge on any atom is 0.335 e. The van der Waals surface area contributed by atoms with Crippen LogP contribution in [0.15, 0.2) is 47.1 Å². The maximum atomic E-state index is 13.8. The van der Waals surface area contributed by atoms with Crippen LogP contribution in [0.25, 0.3) is 11.0 Å². The predicted molar refractivity (Wildman–Crippen MR) is 119 cm³/mol. The van der Waals surface area contributed by atoms with Crippen LogP contribution in [-0.2, 0) is 9.53 Å². The fraction of sp³-hybridized carbons (Fsp3) is 0.292. The van der Waals surface area contributed by atoms with Crippen molar-refractivity contribution < 1.29 is 58.9 Å². The first-order chi connectivity index (χ1) is 17.1. The van der Waals surface area contributed by atoms with Gasteiger partial charge in [-0.15, -0.1) is 0 Å². The van der Waals surface area contributed by atoms with Crippen molar-refractivity contribution in [2.24, 2.45) is 5.92 Å². The molecule has 4 rings (SSSR count). The number of carboxylic acids is 1. The fourth-order valence-corrected chi connectivity index (χ4v) is 4.26. The van der Waals surface area contributed by atoms with E-state index in [-0.39, 0.29) is 16.9 Å². The average Bonchev–Trinajstić information content (AvgIpc) is 3.33. The second kappa shape index (κ2) is 9.59. The molecule has 12 heteroatoms. The highest BCUT2D eigenvalue weighted by Crippen LogP contribution is 2.37. The van der Waals surface area contributed by atoms with Crippen LogP contribution >= 0.6 is 0 Å². The number of carbonyl (C=O) groups excluding carboxylic acids is 2. The van der Waals surface area contributed by atoms with Crippen molar-refractivity contribution in [3.05, 3.63) is 53.8 Å². The Morgan fingerprint density at radius 2 is 1.64 bits per heavy atom. The minimum Gasteiger partial charge on any atom is -0.504 e. The zero-order valence-electron chi connectivity index (χ0n) is 18.6. The molecule has 1 aromatic heterocycles. The number of methoxy groups -OCH3 is 1. The number of phenolic OH excluding ortho intramolecular Hbond substituents is 2. The Kier molecular flexibility index (Phi) is 6.69. The zero-order chi connectivity index (χ0) is 26.3. The first kappa shape index (κ1) is 25.1. The summed E-state index contributed by atoms with van der Waals surface area (Å²) in [6.45, 7) is 0. The molecule has 1 fully saturated rings. The number of aliphatic carboxylic acids is 1. The molecule has 0 saturated carbocycles. The molecule has 2 heterocycles. The van der Waals surface area contributed by atoms with Gasteiger partial charge in [0.15, 0.2) is 29.2 Å². The number of Topliss-reactive ketones (excluding diaryl/α,β-unsaturated/α-hetero) is 2. The van der Waals surface area contributed by atoms with Crippen LogP contribution in [0.3, 0.4) is 0 Å². The fourth-order valence-electron chi connectivity index (χ4n) is 4.26. The number of phenols is 2. The molecule has 36 heavy (non-hydrogen) atoms. The SMILES string of the molecule is COc1c(C(=O)C(C(=O)c2ccc(O)c(O)c2)C2OC(C(=O)O)C(O)C(O)C2O)ccc2occc12. The van der Waals surface area contributed by atoms with Crippen LogP contribution in [0, 0.1) is 5.92 Å². The minimum atomic E-state index is -2.07. The summed E-state index contributed by atoms with van der Waals surface area (Å²) in [7, 11) is 1.28. The number of benzene rings is 2. The van der Waals surface area contributed by atoms with Crippen molar-refractivity contribution >= 4 is 28.5 Å². The first-order valence-electron chi connectivity index (χ1n) is 10.6. The summed E-state index contributed by atoms with van der Waals surface area (Å²) >= 11 is 0. The van der Waals surface area contributed by atoms with Gasteiger partial charge >= 0.3 is 5.97 Å². The molecule has 6 N–H and O–H groups in total. The van der Waals surface area contributed by atoms with E-state index in [9.17, 15) is 45.0 Å². The third-order valence-electron chi connectivity index (χ3n) is 6.10. The largest absolute Gasteiger partial charge is 0.504 e. The Balaban J connectivity index is 1.87. The summed E-state index contributed by atoms with van der Waals surface area (Å²) in [4.78, 5) is 39.1. The molecule has 0 spiro atoms. The van der Waals surface area contributed by atoms with E-state index in [1.165, 1.54) is 31.6 Å². The number of carbonyl (C=O) groups is 3. The number of hydrogen-bond donors (Lipinski definition) is 6. The molecule has 0 amide bonds. The van der Waals surface area contributed by atoms with E-state index in [1.54, 1.807) is 0 Å². The van der Waals surface area contributed by atoms with E-state index >= 15 is 0 Å². The lowest BCUT2D eigenvalue weighted by atomic mass is 9.79. The number of aliphatic hydroxyl groups is 3. The van der Waals surface area contributed by atoms with Gasteiger partial charge in [-0.3, -0.25) is 9.59 Å². The second-order valence-corrected chi connectivity index (χ2v) is 8.22. The third kappa shape index (κ3) is 4.16. The number of ether oxygens (including phenoxy) is 2. The maximum absolute atomic E-state index is 13.8. The number of carboxylic acid groups (broad SMARTS) is 1. The Bertz CT molecular complexity index is 1330. The number of ketones is 2. The van der Waals surface area contributed by atoms with Crippen molar-refractivity contribution in [2.45, 2.75) is 30.5 Å². The predicted octanol–water partition coefficient (Wildman–Crippen LogP) is 0.469. The molecule has 2 aromatic carbocycles. The molecule has 0 radical (unpaired) electrons. The van der Waals surface area contributed by atoms with Gasteiger partial charge in [0.25, 0.3) is 0 Å².